The van der Waals surface area contributed by atoms with Gasteiger partial charge in [0.25, 0.3) is 6.71 Å². The van der Waals surface area contributed by atoms with Crippen molar-refractivity contribution in [1.29, 1.82) is 0 Å². The summed E-state index contributed by atoms with van der Waals surface area (Å²) in [7, 11) is 0. The zero-order chi connectivity index (χ0) is 90.4. The Bertz CT molecular complexity index is 7570. The second-order valence-corrected chi connectivity index (χ2v) is 45.6. The largest absolute Gasteiger partial charge is 0.452 e. The molecule has 0 bridgehead atoms. The maximum Gasteiger partial charge on any atom is 0.252 e. The van der Waals surface area contributed by atoms with E-state index in [1.807, 2.05) is 0 Å². The molecule has 6 heterocycles. The molecule has 4 aromatic heterocycles. The van der Waals surface area contributed by atoms with E-state index in [0.717, 1.165) is 118 Å². The van der Waals surface area contributed by atoms with Gasteiger partial charge in [-0.15, -0.1) is 0 Å². The van der Waals surface area contributed by atoms with Gasteiger partial charge >= 0.3 is 0 Å². The number of hydrogen-bond acceptors (Lipinski definition) is 3. The van der Waals surface area contributed by atoms with Crippen molar-refractivity contribution in [3.63, 3.8) is 0 Å². The van der Waals surface area contributed by atoms with Crippen molar-refractivity contribution in [2.75, 3.05) is 9.80 Å². The number of anilines is 6. The molecule has 0 fully saturated rings. The number of para-hydroxylation sites is 2. The van der Waals surface area contributed by atoms with E-state index in [1.165, 1.54) is 115 Å². The van der Waals surface area contributed by atoms with Crippen LogP contribution in [-0.2, 0) is 43.3 Å². The van der Waals surface area contributed by atoms with Crippen LogP contribution in [0, 0.1) is 0 Å². The van der Waals surface area contributed by atoms with Crippen molar-refractivity contribution < 1.29 is 4.42 Å². The lowest BCUT2D eigenvalue weighted by Crippen LogP contribution is -2.61. The molecule has 0 spiro atoms. The molecular formula is C122H120BN5O. The fraction of sp³-hybridized carbons (Fsp3) is 0.262. The van der Waals surface area contributed by atoms with Gasteiger partial charge in [0, 0.05) is 82.9 Å². The molecule has 2 aliphatic heterocycles. The lowest BCUT2D eigenvalue weighted by Gasteiger charge is -2.45. The van der Waals surface area contributed by atoms with E-state index in [1.54, 1.807) is 0 Å². The Labute approximate surface area is 763 Å². The van der Waals surface area contributed by atoms with Crippen molar-refractivity contribution in [2.45, 2.75) is 209 Å². The molecule has 129 heavy (non-hydrogen) atoms. The van der Waals surface area contributed by atoms with Crippen LogP contribution >= 0.6 is 0 Å². The highest BCUT2D eigenvalue weighted by molar-refractivity contribution is 7.00. The van der Waals surface area contributed by atoms with Gasteiger partial charge in [-0.2, -0.15) is 0 Å². The quantitative estimate of drug-likeness (QED) is 0.142. The molecule has 21 rings (SSSR count). The van der Waals surface area contributed by atoms with Gasteiger partial charge in [-0.3, -0.25) is 0 Å². The number of rotatable bonds is 8. The molecule has 0 N–H and O–H groups in total. The third kappa shape index (κ3) is 13.8. The standard InChI is InChI=1S/C122H120BN5O/c1-115(2,3)79-41-51-100-92(65-79)93-66-80(116(4,5)6)42-52-101(93)124(100)87-47-49-98-108(71-87)126(89-60-75(73-33-27-25-28-34-73)57-76(61-89)74-35-29-26-30-36-74)110-62-78(77-58-85(121(19,20)21)64-86(59-77)122(22,23)24)63-111-112(110)123(98)99-50-48-88(125-102-53-43-81(117(7,8)9)67-94(102)95-68-82(118(10,11)12)44-54-103(95)125)72-109(99)128(111)107-40-32-38-91-90-37-31-39-106(113(90)129-114(91)107)127-104-55-45-83(119(13,14)15)69-96(104)97-70-84(120(16,17)18)46-56-105(97)127/h25-72H,1-24H3. The second kappa shape index (κ2) is 28.8. The van der Waals surface area contributed by atoms with Gasteiger partial charge in [0.05, 0.1) is 44.5 Å². The Kier molecular flexibility index (Phi) is 18.6. The molecular weight excluding hydrogens is 1560 g/mol. The number of furan rings is 1. The van der Waals surface area contributed by atoms with E-state index in [-0.39, 0.29) is 50.0 Å². The SMILES string of the molecule is CC(C)(C)c1cc(-c2cc3c4c(c2)N(c2cccc5c2oc2c(-n6c7ccc(C(C)(C)C)cc7c7cc(C(C)(C)C)ccc76)cccc25)c2cc(-n5c6ccc(C(C)(C)C)cc6c6cc(C(C)(C)C)ccc65)ccc2B4c2ccc(-n4c5ccc(C(C)(C)C)cc5c5cc(C(C)(C)C)ccc54)cc2N3c2cc(-c3ccccc3)cc(-c3ccccc3)c2)cc(C(C)(C)C)c1. The van der Waals surface area contributed by atoms with Crippen molar-refractivity contribution in [3.8, 4) is 50.4 Å². The molecule has 19 aromatic rings. The molecule has 0 radical (unpaired) electrons. The van der Waals surface area contributed by atoms with Crippen molar-refractivity contribution >= 4 is 145 Å². The zero-order valence-electron chi connectivity index (χ0n) is 79.9. The van der Waals surface area contributed by atoms with Gasteiger partial charge in [-0.05, 0) is 277 Å². The average Bonchev–Trinajstić information content (AvgIpc) is 1.61. The van der Waals surface area contributed by atoms with Crippen LogP contribution in [0.3, 0.4) is 0 Å². The number of hydrogen-bond donors (Lipinski definition) is 0. The molecule has 0 atom stereocenters. The summed E-state index contributed by atoms with van der Waals surface area (Å²) in [6.45, 7) is 55.9. The fourth-order valence-corrected chi connectivity index (χ4v) is 20.8. The summed E-state index contributed by atoms with van der Waals surface area (Å²) in [5.74, 6) is 0. The van der Waals surface area contributed by atoms with Gasteiger partial charge in [0.1, 0.15) is 0 Å². The van der Waals surface area contributed by atoms with Gasteiger partial charge in [0.2, 0.25) is 0 Å². The topological polar surface area (TPSA) is 34.4 Å². The predicted octanol–water partition coefficient (Wildman–Crippen LogP) is 32.3. The van der Waals surface area contributed by atoms with E-state index in [9.17, 15) is 0 Å². The minimum absolute atomic E-state index is 0.0684. The highest BCUT2D eigenvalue weighted by Gasteiger charge is 2.46. The minimum atomic E-state index is -0.306. The second-order valence-electron chi connectivity index (χ2n) is 45.6. The van der Waals surface area contributed by atoms with Crippen LogP contribution in [0.15, 0.2) is 296 Å². The highest BCUT2D eigenvalue weighted by Crippen LogP contribution is 2.54. The monoisotopic (exact) mass is 1680 g/mol. The van der Waals surface area contributed by atoms with E-state index in [0.29, 0.717) is 0 Å². The van der Waals surface area contributed by atoms with Gasteiger partial charge < -0.3 is 27.9 Å². The summed E-state index contributed by atoms with van der Waals surface area (Å²) in [6, 6.07) is 114. The van der Waals surface area contributed by atoms with E-state index in [4.69, 9.17) is 4.42 Å². The Morgan fingerprint density at radius 3 is 0.860 bits per heavy atom. The Balaban J connectivity index is 0.915. The first kappa shape index (κ1) is 83.1. The first-order valence-corrected chi connectivity index (χ1v) is 46.7. The van der Waals surface area contributed by atoms with E-state index >= 15 is 0 Å². The number of aromatic nitrogens is 3. The lowest BCUT2D eigenvalue weighted by molar-refractivity contribution is 0.569. The summed E-state index contributed by atoms with van der Waals surface area (Å²) in [4.78, 5) is 5.33. The summed E-state index contributed by atoms with van der Waals surface area (Å²) in [5, 5.41) is 9.56. The first-order chi connectivity index (χ1) is 61.0. The number of fused-ring (bicyclic) bond motifs is 16. The minimum Gasteiger partial charge on any atom is -0.452 e. The molecule has 2 aliphatic rings. The van der Waals surface area contributed by atoms with Crippen molar-refractivity contribution in [2.24, 2.45) is 0 Å². The molecule has 0 saturated carbocycles. The summed E-state index contributed by atoms with van der Waals surface area (Å²) >= 11 is 0. The molecule has 0 aliphatic carbocycles. The van der Waals surface area contributed by atoms with Crippen LogP contribution in [0.2, 0.25) is 0 Å². The van der Waals surface area contributed by atoms with Crippen LogP contribution in [-0.4, -0.2) is 20.4 Å². The summed E-state index contributed by atoms with van der Waals surface area (Å²) in [5.41, 5.74) is 38.1. The van der Waals surface area contributed by atoms with Crippen LogP contribution < -0.4 is 26.2 Å². The van der Waals surface area contributed by atoms with Crippen molar-refractivity contribution in [3.05, 3.63) is 336 Å². The predicted molar refractivity (Wildman–Crippen MR) is 557 cm³/mol. The lowest BCUT2D eigenvalue weighted by atomic mass is 9.33. The average molecular weight is 1680 g/mol. The molecule has 642 valence electrons. The van der Waals surface area contributed by atoms with Crippen LogP contribution in [0.5, 0.6) is 0 Å². The molecule has 0 amide bonds. The Morgan fingerprint density at radius 2 is 0.504 bits per heavy atom. The summed E-state index contributed by atoms with van der Waals surface area (Å²) < 4.78 is 15.7. The third-order valence-corrected chi connectivity index (χ3v) is 28.4. The van der Waals surface area contributed by atoms with Gasteiger partial charge in [-0.25, -0.2) is 0 Å². The molecule has 0 saturated heterocycles. The van der Waals surface area contributed by atoms with Crippen LogP contribution in [0.25, 0.3) is 138 Å². The fourth-order valence-electron chi connectivity index (χ4n) is 20.8. The van der Waals surface area contributed by atoms with Gasteiger partial charge in [-0.1, -0.05) is 318 Å². The molecule has 0 unspecified atom stereocenters. The smallest absolute Gasteiger partial charge is 0.252 e. The normalized spacial score (nSPS) is 13.7. The van der Waals surface area contributed by atoms with Crippen LogP contribution in [0.4, 0.5) is 34.1 Å². The maximum absolute atomic E-state index is 8.12. The van der Waals surface area contributed by atoms with Crippen LogP contribution in [0.1, 0.15) is 211 Å². The van der Waals surface area contributed by atoms with Gasteiger partial charge in [0.15, 0.2) is 11.2 Å². The highest BCUT2D eigenvalue weighted by atomic mass is 16.3. The molecule has 15 aromatic carbocycles. The van der Waals surface area contributed by atoms with Crippen molar-refractivity contribution in [1.82, 2.24) is 13.7 Å². The Hall–Kier alpha value is -12.8. The zero-order valence-corrected chi connectivity index (χ0v) is 79.9. The number of nitrogens with zero attached hydrogens (tertiary/aromatic N) is 5. The molecule has 7 heteroatoms. The van der Waals surface area contributed by atoms with E-state index < -0.39 is 0 Å². The number of benzene rings is 15. The Morgan fingerprint density at radius 1 is 0.194 bits per heavy atom. The molecule has 6 nitrogen and oxygen atoms in total. The maximum atomic E-state index is 8.12. The summed E-state index contributed by atoms with van der Waals surface area (Å²) in [6.07, 6.45) is 0. The first-order valence-electron chi connectivity index (χ1n) is 46.7. The van der Waals surface area contributed by atoms with E-state index in [2.05, 4.69) is 481 Å². The third-order valence-electron chi connectivity index (χ3n) is 28.4.